The summed E-state index contributed by atoms with van der Waals surface area (Å²) in [6.07, 6.45) is 3.21. The number of rotatable bonds is 6. The van der Waals surface area contributed by atoms with Crippen LogP contribution in [0.3, 0.4) is 0 Å². The normalized spacial score (nSPS) is 16.3. The summed E-state index contributed by atoms with van der Waals surface area (Å²) in [7, 11) is 0. The monoisotopic (exact) mass is 398 g/mol. The Morgan fingerprint density at radius 2 is 2.04 bits per heavy atom. The summed E-state index contributed by atoms with van der Waals surface area (Å²) in [5, 5.41) is 3.52. The first-order chi connectivity index (χ1) is 13.6. The Hall–Kier alpha value is -2.79. The smallest absolute Gasteiger partial charge is 0.253 e. The van der Waals surface area contributed by atoms with Crippen molar-refractivity contribution >= 4 is 29.1 Å². The molecule has 1 N–H and O–H groups in total. The van der Waals surface area contributed by atoms with Gasteiger partial charge < -0.3 is 15.0 Å². The van der Waals surface area contributed by atoms with Crippen LogP contribution in [0.2, 0.25) is 5.02 Å². The molecule has 1 fully saturated rings. The van der Waals surface area contributed by atoms with Crippen molar-refractivity contribution in [1.82, 2.24) is 4.90 Å². The van der Waals surface area contributed by atoms with Crippen LogP contribution in [-0.2, 0) is 4.79 Å². The summed E-state index contributed by atoms with van der Waals surface area (Å²) in [4.78, 5) is 27.2. The van der Waals surface area contributed by atoms with Gasteiger partial charge in [0.1, 0.15) is 12.4 Å². The fraction of sp³-hybridized carbons (Fsp3) is 0.273. The van der Waals surface area contributed by atoms with Crippen LogP contribution in [0.5, 0.6) is 5.75 Å². The molecule has 0 aromatic heterocycles. The molecule has 0 saturated carbocycles. The van der Waals surface area contributed by atoms with Crippen molar-refractivity contribution in [2.24, 2.45) is 5.92 Å². The summed E-state index contributed by atoms with van der Waals surface area (Å²) >= 11 is 5.89. The van der Waals surface area contributed by atoms with Crippen molar-refractivity contribution in [1.29, 1.82) is 0 Å². The van der Waals surface area contributed by atoms with Gasteiger partial charge in [-0.3, -0.25) is 9.59 Å². The van der Waals surface area contributed by atoms with E-state index in [0.717, 1.165) is 12.8 Å². The van der Waals surface area contributed by atoms with Gasteiger partial charge in [-0.05, 0) is 49.2 Å². The quantitative estimate of drug-likeness (QED) is 0.734. The number of likely N-dealkylation sites (tertiary alicyclic amines) is 1. The second kappa shape index (κ2) is 9.42. The lowest BCUT2D eigenvalue weighted by Gasteiger charge is -2.32. The molecule has 0 aliphatic carbocycles. The number of benzene rings is 2. The topological polar surface area (TPSA) is 58.6 Å². The highest BCUT2D eigenvalue weighted by Crippen LogP contribution is 2.23. The van der Waals surface area contributed by atoms with Crippen molar-refractivity contribution in [3.05, 3.63) is 71.8 Å². The molecule has 6 heteroatoms. The van der Waals surface area contributed by atoms with E-state index in [1.165, 1.54) is 0 Å². The number of carbonyl (C=O) groups is 2. The number of amides is 2. The molecule has 1 saturated heterocycles. The Morgan fingerprint density at radius 1 is 1.25 bits per heavy atom. The number of nitrogens with zero attached hydrogens (tertiary/aromatic N) is 1. The highest BCUT2D eigenvalue weighted by atomic mass is 35.5. The van der Waals surface area contributed by atoms with Crippen LogP contribution in [0, 0.1) is 5.92 Å². The molecule has 2 amide bonds. The molecule has 146 valence electrons. The van der Waals surface area contributed by atoms with E-state index < -0.39 is 0 Å². The van der Waals surface area contributed by atoms with Gasteiger partial charge in [-0.1, -0.05) is 30.3 Å². The van der Waals surface area contributed by atoms with Crippen LogP contribution >= 0.6 is 11.6 Å². The van der Waals surface area contributed by atoms with Gasteiger partial charge in [0, 0.05) is 35.4 Å². The lowest BCUT2D eigenvalue weighted by Crippen LogP contribution is -2.43. The number of carbonyl (C=O) groups excluding carboxylic acids is 2. The fourth-order valence-electron chi connectivity index (χ4n) is 3.21. The Balaban J connectivity index is 1.62. The minimum atomic E-state index is -0.247. The summed E-state index contributed by atoms with van der Waals surface area (Å²) < 4.78 is 5.50. The largest absolute Gasteiger partial charge is 0.489 e. The molecule has 1 aliphatic heterocycles. The number of halogens is 1. The molecule has 2 aromatic carbocycles. The van der Waals surface area contributed by atoms with Crippen LogP contribution in [0.4, 0.5) is 5.69 Å². The van der Waals surface area contributed by atoms with Crippen molar-refractivity contribution in [3.63, 3.8) is 0 Å². The van der Waals surface area contributed by atoms with Crippen LogP contribution in [0.25, 0.3) is 0 Å². The zero-order valence-corrected chi connectivity index (χ0v) is 16.3. The van der Waals surface area contributed by atoms with Crippen molar-refractivity contribution < 1.29 is 14.3 Å². The lowest BCUT2D eigenvalue weighted by molar-refractivity contribution is -0.121. The SMILES string of the molecule is C=CCOc1cccc(NC(=O)C2CCCN(C(=O)c3ccc(Cl)cc3)C2)c1. The van der Waals surface area contributed by atoms with E-state index in [1.54, 1.807) is 41.3 Å². The average Bonchev–Trinajstić information content (AvgIpc) is 2.72. The molecule has 5 nitrogen and oxygen atoms in total. The van der Waals surface area contributed by atoms with Crippen molar-refractivity contribution in [2.45, 2.75) is 12.8 Å². The molecule has 0 bridgehead atoms. The Kier molecular flexibility index (Phi) is 6.71. The lowest BCUT2D eigenvalue weighted by atomic mass is 9.96. The number of hydrogen-bond acceptors (Lipinski definition) is 3. The number of hydrogen-bond donors (Lipinski definition) is 1. The van der Waals surface area contributed by atoms with Gasteiger partial charge in [-0.2, -0.15) is 0 Å². The van der Waals surface area contributed by atoms with Gasteiger partial charge in [-0.15, -0.1) is 0 Å². The van der Waals surface area contributed by atoms with E-state index in [9.17, 15) is 9.59 Å². The van der Waals surface area contributed by atoms with E-state index in [0.29, 0.717) is 41.7 Å². The summed E-state index contributed by atoms with van der Waals surface area (Å²) in [5.41, 5.74) is 1.25. The summed E-state index contributed by atoms with van der Waals surface area (Å²) in [6, 6.07) is 14.1. The fourth-order valence-corrected chi connectivity index (χ4v) is 3.34. The van der Waals surface area contributed by atoms with E-state index in [4.69, 9.17) is 16.3 Å². The van der Waals surface area contributed by atoms with Gasteiger partial charge in [0.25, 0.3) is 5.91 Å². The summed E-state index contributed by atoms with van der Waals surface area (Å²) in [6.45, 7) is 5.08. The first-order valence-electron chi connectivity index (χ1n) is 9.26. The molecular formula is C22H23ClN2O3. The third-order valence-electron chi connectivity index (χ3n) is 4.64. The van der Waals surface area contributed by atoms with Gasteiger partial charge in [-0.25, -0.2) is 0 Å². The molecule has 1 atom stereocenters. The number of piperidine rings is 1. The van der Waals surface area contributed by atoms with Gasteiger partial charge >= 0.3 is 0 Å². The second-order valence-corrected chi connectivity index (χ2v) is 7.15. The standard InChI is InChI=1S/C22H23ClN2O3/c1-2-13-28-20-7-3-6-19(14-20)24-21(26)17-5-4-12-25(15-17)22(27)16-8-10-18(23)11-9-16/h2-3,6-11,14,17H,1,4-5,12-13,15H2,(H,24,26). The molecule has 1 heterocycles. The van der Waals surface area contributed by atoms with Crippen molar-refractivity contribution in [3.8, 4) is 5.75 Å². The van der Waals surface area contributed by atoms with Crippen LogP contribution in [-0.4, -0.2) is 36.4 Å². The predicted molar refractivity (Wildman–Crippen MR) is 111 cm³/mol. The molecule has 28 heavy (non-hydrogen) atoms. The molecular weight excluding hydrogens is 376 g/mol. The van der Waals surface area contributed by atoms with Gasteiger partial charge in [0.15, 0.2) is 0 Å². The maximum Gasteiger partial charge on any atom is 0.253 e. The van der Waals surface area contributed by atoms with E-state index >= 15 is 0 Å². The van der Waals surface area contributed by atoms with Gasteiger partial charge in [0.05, 0.1) is 5.92 Å². The maximum atomic E-state index is 12.7. The Bertz CT molecular complexity index is 851. The Labute approximate surface area is 169 Å². The maximum absolute atomic E-state index is 12.7. The first-order valence-corrected chi connectivity index (χ1v) is 9.64. The molecule has 0 spiro atoms. The number of anilines is 1. The Morgan fingerprint density at radius 3 is 2.79 bits per heavy atom. The molecule has 1 unspecified atom stereocenters. The van der Waals surface area contributed by atoms with E-state index in [-0.39, 0.29) is 17.7 Å². The first kappa shape index (κ1) is 20.0. The number of ether oxygens (including phenoxy) is 1. The minimum absolute atomic E-state index is 0.0750. The molecule has 0 radical (unpaired) electrons. The van der Waals surface area contributed by atoms with Crippen LogP contribution in [0.15, 0.2) is 61.2 Å². The minimum Gasteiger partial charge on any atom is -0.489 e. The molecule has 1 aliphatic rings. The average molecular weight is 399 g/mol. The molecule has 3 rings (SSSR count). The van der Waals surface area contributed by atoms with E-state index in [2.05, 4.69) is 11.9 Å². The van der Waals surface area contributed by atoms with Crippen LogP contribution < -0.4 is 10.1 Å². The van der Waals surface area contributed by atoms with Crippen LogP contribution in [0.1, 0.15) is 23.2 Å². The third kappa shape index (κ3) is 5.14. The number of nitrogens with one attached hydrogen (secondary N) is 1. The van der Waals surface area contributed by atoms with E-state index in [1.807, 2.05) is 18.2 Å². The zero-order valence-electron chi connectivity index (χ0n) is 15.6. The second-order valence-electron chi connectivity index (χ2n) is 6.71. The predicted octanol–water partition coefficient (Wildman–Crippen LogP) is 4.40. The van der Waals surface area contributed by atoms with Gasteiger partial charge in [0.2, 0.25) is 5.91 Å². The third-order valence-corrected chi connectivity index (χ3v) is 4.89. The highest BCUT2D eigenvalue weighted by Gasteiger charge is 2.29. The zero-order chi connectivity index (χ0) is 19.9. The van der Waals surface area contributed by atoms with Crippen molar-refractivity contribution in [2.75, 3.05) is 25.0 Å². The summed E-state index contributed by atoms with van der Waals surface area (Å²) in [5.74, 6) is 0.257. The molecule has 2 aromatic rings. The highest BCUT2D eigenvalue weighted by molar-refractivity contribution is 6.30.